The van der Waals surface area contributed by atoms with Crippen molar-refractivity contribution in [3.8, 4) is 0 Å². The molecule has 0 saturated carbocycles. The highest BCUT2D eigenvalue weighted by atomic mass is 15.2. The first-order valence-electron chi connectivity index (χ1n) is 3.54. The van der Waals surface area contributed by atoms with E-state index in [1.807, 2.05) is 12.2 Å². The van der Waals surface area contributed by atoms with Crippen LogP contribution in [-0.2, 0) is 0 Å². The van der Waals surface area contributed by atoms with Crippen LogP contribution in [0.4, 0.5) is 0 Å². The van der Waals surface area contributed by atoms with Gasteiger partial charge in [-0.2, -0.15) is 0 Å². The van der Waals surface area contributed by atoms with Gasteiger partial charge in [-0.1, -0.05) is 19.9 Å². The monoisotopic (exact) mass is 151 g/mol. The Morgan fingerprint density at radius 3 is 2.91 bits per heavy atom. The molecule has 0 aromatic heterocycles. The molecule has 3 nitrogen and oxygen atoms in total. The van der Waals surface area contributed by atoms with Crippen molar-refractivity contribution in [1.82, 2.24) is 5.43 Å². The molecule has 60 valence electrons. The zero-order valence-corrected chi connectivity index (χ0v) is 6.83. The quantitative estimate of drug-likeness (QED) is 0.433. The van der Waals surface area contributed by atoms with Gasteiger partial charge in [-0.25, -0.2) is 0 Å². The van der Waals surface area contributed by atoms with Crippen LogP contribution in [0.2, 0.25) is 0 Å². The molecule has 3 N–H and O–H groups in total. The third-order valence-corrected chi connectivity index (χ3v) is 1.50. The lowest BCUT2D eigenvalue weighted by Gasteiger charge is -2.13. The number of rotatable bonds is 1. The van der Waals surface area contributed by atoms with Gasteiger partial charge in [0.05, 0.1) is 11.9 Å². The Bertz CT molecular complexity index is 223. The summed E-state index contributed by atoms with van der Waals surface area (Å²) in [7, 11) is 0. The van der Waals surface area contributed by atoms with E-state index in [2.05, 4.69) is 24.3 Å². The highest BCUT2D eigenvalue weighted by Gasteiger charge is 2.11. The second-order valence-electron chi connectivity index (χ2n) is 3.16. The average molecular weight is 151 g/mol. The number of hydrogen-bond donors (Lipinski definition) is 2. The van der Waals surface area contributed by atoms with E-state index in [9.17, 15) is 0 Å². The van der Waals surface area contributed by atoms with Crippen molar-refractivity contribution in [2.75, 3.05) is 0 Å². The molecule has 1 heterocycles. The van der Waals surface area contributed by atoms with Gasteiger partial charge in [0.1, 0.15) is 0 Å². The number of hydrazine groups is 1. The van der Waals surface area contributed by atoms with Gasteiger partial charge in [0.25, 0.3) is 0 Å². The molecule has 0 atom stereocenters. The number of hydrogen-bond acceptors (Lipinski definition) is 3. The fraction of sp³-hybridized carbons (Fsp3) is 0.375. The summed E-state index contributed by atoms with van der Waals surface area (Å²) in [6, 6.07) is 0. The Kier molecular flexibility index (Phi) is 2.10. The molecule has 0 spiro atoms. The van der Waals surface area contributed by atoms with Crippen LogP contribution in [-0.4, -0.2) is 6.21 Å². The second-order valence-corrected chi connectivity index (χ2v) is 3.16. The molecular weight excluding hydrogens is 138 g/mol. The highest BCUT2D eigenvalue weighted by molar-refractivity contribution is 5.78. The standard InChI is InChI=1S/C8H13N3/c1-8(2)3-4-10-6-7(5-8)11-9/h3-6,11H,9H2,1-2H3. The Hall–Kier alpha value is -1.09. The summed E-state index contributed by atoms with van der Waals surface area (Å²) in [6.07, 6.45) is 7.53. The molecule has 0 aromatic rings. The molecule has 0 aromatic carbocycles. The third-order valence-electron chi connectivity index (χ3n) is 1.50. The van der Waals surface area contributed by atoms with E-state index in [1.54, 1.807) is 12.4 Å². The van der Waals surface area contributed by atoms with Gasteiger partial charge >= 0.3 is 0 Å². The SMILES string of the molecule is CC1(C)C=CN=CC(NN)=C1. The van der Waals surface area contributed by atoms with Gasteiger partial charge in [0.2, 0.25) is 0 Å². The normalized spacial score (nSPS) is 20.8. The van der Waals surface area contributed by atoms with Crippen molar-refractivity contribution in [1.29, 1.82) is 0 Å². The Balaban J connectivity index is 2.90. The van der Waals surface area contributed by atoms with Gasteiger partial charge < -0.3 is 5.43 Å². The van der Waals surface area contributed by atoms with Crippen LogP contribution < -0.4 is 11.3 Å². The number of aliphatic imine (C=N–C) groups is 1. The molecule has 1 rings (SSSR count). The molecule has 11 heavy (non-hydrogen) atoms. The molecular formula is C8H13N3. The van der Waals surface area contributed by atoms with Crippen LogP contribution in [0.25, 0.3) is 0 Å². The lowest BCUT2D eigenvalue weighted by molar-refractivity contribution is 0.618. The van der Waals surface area contributed by atoms with E-state index in [-0.39, 0.29) is 5.41 Å². The maximum Gasteiger partial charge on any atom is 0.0636 e. The molecule has 1 aliphatic rings. The first-order valence-corrected chi connectivity index (χ1v) is 3.54. The van der Waals surface area contributed by atoms with Crippen molar-refractivity contribution in [2.45, 2.75) is 13.8 Å². The molecule has 0 unspecified atom stereocenters. The van der Waals surface area contributed by atoms with Gasteiger partial charge in [-0.15, -0.1) is 0 Å². The summed E-state index contributed by atoms with van der Waals surface area (Å²) < 4.78 is 0. The minimum absolute atomic E-state index is 0.0260. The van der Waals surface area contributed by atoms with Crippen molar-refractivity contribution in [3.05, 3.63) is 24.0 Å². The van der Waals surface area contributed by atoms with Crippen molar-refractivity contribution in [3.63, 3.8) is 0 Å². The first-order chi connectivity index (χ1) is 5.14. The zero-order valence-electron chi connectivity index (χ0n) is 6.83. The molecule has 0 amide bonds. The first kappa shape index (κ1) is 8.01. The van der Waals surface area contributed by atoms with Crippen LogP contribution in [0, 0.1) is 5.41 Å². The van der Waals surface area contributed by atoms with Crippen LogP contribution in [0.3, 0.4) is 0 Å². The maximum atomic E-state index is 5.26. The van der Waals surface area contributed by atoms with E-state index in [0.29, 0.717) is 0 Å². The van der Waals surface area contributed by atoms with Gasteiger partial charge in [-0.05, 0) is 6.08 Å². The Morgan fingerprint density at radius 1 is 1.55 bits per heavy atom. The maximum absolute atomic E-state index is 5.26. The summed E-state index contributed by atoms with van der Waals surface area (Å²) in [5, 5.41) is 0. The molecule has 0 aliphatic carbocycles. The van der Waals surface area contributed by atoms with Crippen molar-refractivity contribution in [2.24, 2.45) is 16.3 Å². The van der Waals surface area contributed by atoms with E-state index in [0.717, 1.165) is 5.70 Å². The number of nitrogens with zero attached hydrogens (tertiary/aromatic N) is 1. The molecule has 0 saturated heterocycles. The van der Waals surface area contributed by atoms with E-state index in [1.165, 1.54) is 0 Å². The summed E-state index contributed by atoms with van der Waals surface area (Å²) in [4.78, 5) is 4.00. The lowest BCUT2D eigenvalue weighted by Crippen LogP contribution is -2.23. The fourth-order valence-corrected chi connectivity index (χ4v) is 0.924. The average Bonchev–Trinajstić information content (AvgIpc) is 2.10. The fourth-order valence-electron chi connectivity index (χ4n) is 0.924. The third kappa shape index (κ3) is 2.20. The summed E-state index contributed by atoms with van der Waals surface area (Å²) in [5.74, 6) is 5.26. The van der Waals surface area contributed by atoms with Crippen LogP contribution in [0.5, 0.6) is 0 Å². The zero-order chi connectivity index (χ0) is 8.32. The van der Waals surface area contributed by atoms with Crippen LogP contribution >= 0.6 is 0 Å². The lowest BCUT2D eigenvalue weighted by atomic mass is 9.93. The predicted molar refractivity (Wildman–Crippen MR) is 46.8 cm³/mol. The molecule has 1 aliphatic heterocycles. The Labute approximate surface area is 66.7 Å². The molecule has 0 radical (unpaired) electrons. The van der Waals surface area contributed by atoms with Gasteiger partial charge in [0.15, 0.2) is 0 Å². The largest absolute Gasteiger partial charge is 0.323 e. The molecule has 0 bridgehead atoms. The highest BCUT2D eigenvalue weighted by Crippen LogP contribution is 2.21. The van der Waals surface area contributed by atoms with Gasteiger partial charge in [-0.3, -0.25) is 10.8 Å². The molecule has 3 heteroatoms. The van der Waals surface area contributed by atoms with Crippen molar-refractivity contribution < 1.29 is 0 Å². The smallest absolute Gasteiger partial charge is 0.0636 e. The van der Waals surface area contributed by atoms with E-state index >= 15 is 0 Å². The molecule has 0 fully saturated rings. The van der Waals surface area contributed by atoms with E-state index in [4.69, 9.17) is 5.84 Å². The number of allylic oxidation sites excluding steroid dienone is 3. The summed E-state index contributed by atoms with van der Waals surface area (Å²) in [6.45, 7) is 4.19. The number of nitrogens with one attached hydrogen (secondary N) is 1. The second kappa shape index (κ2) is 2.88. The minimum Gasteiger partial charge on any atom is -0.323 e. The predicted octanol–water partition coefficient (Wildman–Crippen LogP) is 0.958. The van der Waals surface area contributed by atoms with E-state index < -0.39 is 0 Å². The van der Waals surface area contributed by atoms with Gasteiger partial charge in [0, 0.05) is 11.6 Å². The topological polar surface area (TPSA) is 50.4 Å². The van der Waals surface area contributed by atoms with Crippen molar-refractivity contribution >= 4 is 6.21 Å². The summed E-state index contributed by atoms with van der Waals surface area (Å²) >= 11 is 0. The number of nitrogens with two attached hydrogens (primary N) is 1. The van der Waals surface area contributed by atoms with Crippen LogP contribution in [0.15, 0.2) is 29.0 Å². The Morgan fingerprint density at radius 2 is 2.27 bits per heavy atom. The summed E-state index contributed by atoms with van der Waals surface area (Å²) in [5.41, 5.74) is 3.44. The van der Waals surface area contributed by atoms with Crippen LogP contribution in [0.1, 0.15) is 13.8 Å². The minimum atomic E-state index is 0.0260.